The van der Waals surface area contributed by atoms with Crippen molar-refractivity contribution >= 4 is 39.6 Å². The number of aryl methyl sites for hydroxylation is 1. The van der Waals surface area contributed by atoms with E-state index in [0.717, 1.165) is 55.0 Å². The predicted octanol–water partition coefficient (Wildman–Crippen LogP) is 5.62. The molecule has 156 valence electrons. The molecular formula is C23H20N4O2S2. The molecule has 0 N–H and O–H groups in total. The quantitative estimate of drug-likeness (QED) is 0.314. The second-order valence-corrected chi connectivity index (χ2v) is 8.85. The van der Waals surface area contributed by atoms with Crippen LogP contribution in [-0.4, -0.2) is 33.8 Å². The third kappa shape index (κ3) is 3.73. The first-order valence-corrected chi connectivity index (χ1v) is 11.6. The van der Waals surface area contributed by atoms with Gasteiger partial charge in [0.25, 0.3) is 0 Å². The zero-order valence-corrected chi connectivity index (χ0v) is 19.0. The number of nitrogens with zero attached hydrogens (tertiary/aromatic N) is 4. The zero-order chi connectivity index (χ0) is 21.4. The summed E-state index contributed by atoms with van der Waals surface area (Å²) in [5, 5.41) is 13.9. The summed E-state index contributed by atoms with van der Waals surface area (Å²) in [7, 11) is 3.35. The average Bonchev–Trinajstić information content (AvgIpc) is 3.44. The second kappa shape index (κ2) is 8.20. The van der Waals surface area contributed by atoms with Gasteiger partial charge in [-0.15, -0.1) is 21.5 Å². The highest BCUT2D eigenvalue weighted by atomic mass is 32.2. The third-order valence-electron chi connectivity index (χ3n) is 5.11. The highest BCUT2D eigenvalue weighted by Gasteiger charge is 2.14. The molecule has 0 saturated heterocycles. The molecule has 0 radical (unpaired) electrons. The Bertz CT molecular complexity index is 1380. The first kappa shape index (κ1) is 19.8. The molecular weight excluding hydrogens is 428 g/mol. The van der Waals surface area contributed by atoms with Gasteiger partial charge in [0.1, 0.15) is 16.5 Å². The number of pyridine rings is 1. The highest BCUT2D eigenvalue weighted by molar-refractivity contribution is 7.98. The number of aromatic nitrogens is 4. The van der Waals surface area contributed by atoms with Crippen LogP contribution in [0.4, 0.5) is 0 Å². The lowest BCUT2D eigenvalue weighted by Gasteiger charge is -2.09. The lowest BCUT2D eigenvalue weighted by molar-refractivity contribution is 0.415. The van der Waals surface area contributed by atoms with Crippen molar-refractivity contribution in [1.82, 2.24) is 19.6 Å². The van der Waals surface area contributed by atoms with Gasteiger partial charge in [0.2, 0.25) is 0 Å². The number of hydrogen-bond acceptors (Lipinski definition) is 7. The fraction of sp³-hybridized carbons (Fsp3) is 0.174. The molecule has 6 nitrogen and oxygen atoms in total. The van der Waals surface area contributed by atoms with Crippen LogP contribution in [0.3, 0.4) is 0 Å². The topological polar surface area (TPSA) is 61.5 Å². The molecule has 31 heavy (non-hydrogen) atoms. The Kier molecular flexibility index (Phi) is 5.25. The van der Waals surface area contributed by atoms with Crippen LogP contribution >= 0.6 is 23.1 Å². The Morgan fingerprint density at radius 2 is 1.74 bits per heavy atom. The first-order valence-electron chi connectivity index (χ1n) is 9.70. The van der Waals surface area contributed by atoms with Gasteiger partial charge in [0.15, 0.2) is 10.8 Å². The molecule has 3 heterocycles. The van der Waals surface area contributed by atoms with Crippen LogP contribution in [0.5, 0.6) is 11.5 Å². The summed E-state index contributed by atoms with van der Waals surface area (Å²) >= 11 is 3.27. The van der Waals surface area contributed by atoms with Crippen LogP contribution in [0.15, 0.2) is 59.1 Å². The molecule has 0 aliphatic carbocycles. The minimum atomic E-state index is 0.715. The molecule has 0 bridgehead atoms. The molecule has 2 aromatic carbocycles. The Morgan fingerprint density at radius 1 is 0.968 bits per heavy atom. The maximum atomic E-state index is 5.44. The number of thiazole rings is 1. The van der Waals surface area contributed by atoms with E-state index in [2.05, 4.69) is 39.0 Å². The van der Waals surface area contributed by atoms with Crippen molar-refractivity contribution in [3.63, 3.8) is 0 Å². The molecule has 0 aliphatic rings. The summed E-state index contributed by atoms with van der Waals surface area (Å²) in [5.41, 5.74) is 5.14. The Hall–Kier alpha value is -3.10. The minimum Gasteiger partial charge on any atom is -0.497 e. The maximum Gasteiger partial charge on any atom is 0.196 e. The molecule has 0 aliphatic heterocycles. The maximum absolute atomic E-state index is 5.44. The van der Waals surface area contributed by atoms with Crippen LogP contribution < -0.4 is 9.47 Å². The molecule has 8 heteroatoms. The van der Waals surface area contributed by atoms with E-state index in [1.54, 1.807) is 37.3 Å². The Morgan fingerprint density at radius 3 is 2.52 bits per heavy atom. The third-order valence-corrected chi connectivity index (χ3v) is 7.02. The second-order valence-electron chi connectivity index (χ2n) is 7.05. The van der Waals surface area contributed by atoms with Gasteiger partial charge < -0.3 is 9.47 Å². The van der Waals surface area contributed by atoms with Crippen LogP contribution in [0.25, 0.3) is 27.1 Å². The van der Waals surface area contributed by atoms with Crippen molar-refractivity contribution in [2.24, 2.45) is 0 Å². The minimum absolute atomic E-state index is 0.715. The number of rotatable bonds is 6. The van der Waals surface area contributed by atoms with Crippen LogP contribution in [-0.2, 0) is 5.75 Å². The van der Waals surface area contributed by atoms with Crippen molar-refractivity contribution in [3.8, 4) is 22.1 Å². The molecule has 0 unspecified atom stereocenters. The summed E-state index contributed by atoms with van der Waals surface area (Å²) < 4.78 is 12.8. The Labute approximate surface area is 187 Å². The van der Waals surface area contributed by atoms with Crippen LogP contribution in [0, 0.1) is 6.92 Å². The van der Waals surface area contributed by atoms with Gasteiger partial charge in [-0.25, -0.2) is 4.98 Å². The standard InChI is InChI=1S/C23H20N4O2S2/c1-14-10-21-25-26-23(27(21)20-11-18(29-3)8-9-19(14)20)31-13-16-12-30-22(24-16)15-4-6-17(28-2)7-5-15/h4-12H,13H2,1-3H3. The van der Waals surface area contributed by atoms with E-state index in [1.165, 1.54) is 0 Å². The largest absolute Gasteiger partial charge is 0.497 e. The monoisotopic (exact) mass is 448 g/mol. The number of hydrogen-bond donors (Lipinski definition) is 0. The van der Waals surface area contributed by atoms with Gasteiger partial charge in [0, 0.05) is 28.1 Å². The molecule has 0 fully saturated rings. The molecule has 5 aromatic rings. The number of thioether (sulfide) groups is 1. The summed E-state index contributed by atoms with van der Waals surface area (Å²) in [5.74, 6) is 2.37. The van der Waals surface area contributed by atoms with Crippen molar-refractivity contribution in [1.29, 1.82) is 0 Å². The van der Waals surface area contributed by atoms with Crippen LogP contribution in [0.1, 0.15) is 11.3 Å². The molecule has 0 saturated carbocycles. The lowest BCUT2D eigenvalue weighted by Crippen LogP contribution is -1.95. The fourth-order valence-corrected chi connectivity index (χ4v) is 5.28. The number of benzene rings is 2. The number of ether oxygens (including phenoxy) is 2. The van der Waals surface area contributed by atoms with Gasteiger partial charge in [-0.05, 0) is 55.0 Å². The first-order chi connectivity index (χ1) is 15.2. The smallest absolute Gasteiger partial charge is 0.196 e. The van der Waals surface area contributed by atoms with Crippen LogP contribution in [0.2, 0.25) is 0 Å². The van der Waals surface area contributed by atoms with Gasteiger partial charge in [-0.2, -0.15) is 0 Å². The summed E-state index contributed by atoms with van der Waals surface area (Å²) in [6.45, 7) is 2.09. The van der Waals surface area contributed by atoms with E-state index in [1.807, 2.05) is 36.4 Å². The van der Waals surface area contributed by atoms with E-state index < -0.39 is 0 Å². The SMILES string of the molecule is COc1ccc(-c2nc(CSc3nnc4cc(C)c5ccc(OC)cc5n34)cs2)cc1. The van der Waals surface area contributed by atoms with Crippen molar-refractivity contribution in [2.75, 3.05) is 14.2 Å². The van der Waals surface area contributed by atoms with E-state index in [4.69, 9.17) is 14.5 Å². The zero-order valence-electron chi connectivity index (χ0n) is 17.3. The van der Waals surface area contributed by atoms with Crippen molar-refractivity contribution in [2.45, 2.75) is 17.8 Å². The van der Waals surface area contributed by atoms with E-state index in [-0.39, 0.29) is 0 Å². The molecule has 0 spiro atoms. The Balaban J connectivity index is 1.43. The van der Waals surface area contributed by atoms with Gasteiger partial charge >= 0.3 is 0 Å². The predicted molar refractivity (Wildman–Crippen MR) is 125 cm³/mol. The van der Waals surface area contributed by atoms with E-state index >= 15 is 0 Å². The van der Waals surface area contributed by atoms with Gasteiger partial charge in [0.05, 0.1) is 25.4 Å². The van der Waals surface area contributed by atoms with Crippen molar-refractivity contribution < 1.29 is 9.47 Å². The van der Waals surface area contributed by atoms with E-state index in [9.17, 15) is 0 Å². The molecule has 3 aromatic heterocycles. The van der Waals surface area contributed by atoms with E-state index in [0.29, 0.717) is 5.75 Å². The lowest BCUT2D eigenvalue weighted by atomic mass is 10.1. The normalized spacial score (nSPS) is 11.3. The number of methoxy groups -OCH3 is 2. The highest BCUT2D eigenvalue weighted by Crippen LogP contribution is 2.31. The van der Waals surface area contributed by atoms with Crippen molar-refractivity contribution in [3.05, 3.63) is 65.2 Å². The summed E-state index contributed by atoms with van der Waals surface area (Å²) in [6.07, 6.45) is 0. The fourth-order valence-electron chi connectivity index (χ4n) is 3.50. The molecule has 0 amide bonds. The average molecular weight is 449 g/mol. The van der Waals surface area contributed by atoms with Gasteiger partial charge in [-0.1, -0.05) is 11.8 Å². The summed E-state index contributed by atoms with van der Waals surface area (Å²) in [6, 6.07) is 16.1. The number of fused-ring (bicyclic) bond motifs is 3. The van der Waals surface area contributed by atoms with Gasteiger partial charge in [-0.3, -0.25) is 4.40 Å². The molecule has 5 rings (SSSR count). The summed E-state index contributed by atoms with van der Waals surface area (Å²) in [4.78, 5) is 4.80. The molecule has 0 atom stereocenters.